The largest absolute Gasteiger partial charge is 0.393 e. The van der Waals surface area contributed by atoms with Crippen LogP contribution in [-0.2, 0) is 32.7 Å². The molecule has 1 heterocycles. The van der Waals surface area contributed by atoms with Crippen molar-refractivity contribution in [1.29, 1.82) is 0 Å². The van der Waals surface area contributed by atoms with E-state index in [-0.39, 0.29) is 32.7 Å². The van der Waals surface area contributed by atoms with Gasteiger partial charge in [0.25, 0.3) is 0 Å². The van der Waals surface area contributed by atoms with Crippen LogP contribution in [0.4, 0.5) is 5.69 Å². The number of hydrogen-bond acceptors (Lipinski definition) is 2. The van der Waals surface area contributed by atoms with Crippen LogP contribution in [-0.4, -0.2) is 48.9 Å². The first kappa shape index (κ1) is 18.3. The molecule has 1 aliphatic heterocycles. The van der Waals surface area contributed by atoms with Gasteiger partial charge in [0.05, 0.1) is 0 Å². The third-order valence-corrected chi connectivity index (χ3v) is 3.92. The van der Waals surface area contributed by atoms with Gasteiger partial charge in [0.1, 0.15) is 0 Å². The summed E-state index contributed by atoms with van der Waals surface area (Å²) in [5, 5.41) is 0. The summed E-state index contributed by atoms with van der Waals surface area (Å²) in [6.07, 6.45) is 0. The van der Waals surface area contributed by atoms with Crippen molar-refractivity contribution in [3.05, 3.63) is 65.7 Å². The molecule has 1 saturated heterocycles. The SMILES string of the molecule is Cc1cc[c-]c(C(=Nc2[c-]cccc2)N2CCN(C)CC2)c1.[Y]. The second kappa shape index (κ2) is 8.72. The van der Waals surface area contributed by atoms with Crippen molar-refractivity contribution in [3.8, 4) is 0 Å². The van der Waals surface area contributed by atoms with Crippen molar-refractivity contribution in [3.63, 3.8) is 0 Å². The van der Waals surface area contributed by atoms with Crippen LogP contribution in [0.2, 0.25) is 0 Å². The number of hydrogen-bond donors (Lipinski definition) is 0. The van der Waals surface area contributed by atoms with Crippen LogP contribution in [0, 0.1) is 19.1 Å². The van der Waals surface area contributed by atoms with Gasteiger partial charge >= 0.3 is 0 Å². The van der Waals surface area contributed by atoms with Gasteiger partial charge in [-0.1, -0.05) is 12.6 Å². The first-order chi connectivity index (χ1) is 10.7. The minimum atomic E-state index is 0. The van der Waals surface area contributed by atoms with Gasteiger partial charge in [0.15, 0.2) is 0 Å². The minimum Gasteiger partial charge on any atom is -0.393 e. The average Bonchev–Trinajstić information content (AvgIpc) is 2.55. The number of aliphatic imine (C=N–C) groups is 1. The molecule has 0 spiro atoms. The number of rotatable bonds is 2. The predicted molar refractivity (Wildman–Crippen MR) is 90.6 cm³/mol. The monoisotopic (exact) mass is 380 g/mol. The second-order valence-corrected chi connectivity index (χ2v) is 5.75. The van der Waals surface area contributed by atoms with Crippen LogP contribution >= 0.6 is 0 Å². The second-order valence-electron chi connectivity index (χ2n) is 5.75. The van der Waals surface area contributed by atoms with E-state index in [1.54, 1.807) is 0 Å². The van der Waals surface area contributed by atoms with Gasteiger partial charge in [-0.25, -0.2) is 0 Å². The van der Waals surface area contributed by atoms with Crippen LogP contribution in [0.25, 0.3) is 0 Å². The van der Waals surface area contributed by atoms with E-state index < -0.39 is 0 Å². The number of nitrogens with zero attached hydrogens (tertiary/aromatic N) is 3. The summed E-state index contributed by atoms with van der Waals surface area (Å²) in [6.45, 7) is 6.20. The Kier molecular flexibility index (Phi) is 6.95. The van der Waals surface area contributed by atoms with E-state index in [0.717, 1.165) is 43.3 Å². The summed E-state index contributed by atoms with van der Waals surface area (Å²) in [7, 11) is 2.16. The molecule has 0 bridgehead atoms. The quantitative estimate of drug-likeness (QED) is 0.453. The third-order valence-electron chi connectivity index (χ3n) is 3.92. The van der Waals surface area contributed by atoms with Crippen molar-refractivity contribution < 1.29 is 32.7 Å². The zero-order valence-electron chi connectivity index (χ0n) is 13.8. The zero-order chi connectivity index (χ0) is 15.4. The summed E-state index contributed by atoms with van der Waals surface area (Å²) in [6, 6.07) is 20.6. The molecule has 0 amide bonds. The fourth-order valence-electron chi connectivity index (χ4n) is 2.60. The zero-order valence-corrected chi connectivity index (χ0v) is 16.6. The van der Waals surface area contributed by atoms with Crippen molar-refractivity contribution in [2.45, 2.75) is 6.92 Å². The van der Waals surface area contributed by atoms with E-state index in [1.807, 2.05) is 30.3 Å². The van der Waals surface area contributed by atoms with Crippen molar-refractivity contribution in [1.82, 2.24) is 9.80 Å². The number of aryl methyl sites for hydroxylation is 1. The Bertz CT molecular complexity index is 647. The molecule has 1 fully saturated rings. The van der Waals surface area contributed by atoms with E-state index in [4.69, 9.17) is 4.99 Å². The van der Waals surface area contributed by atoms with E-state index in [2.05, 4.69) is 48.0 Å². The Hall–Kier alpha value is -1.03. The smallest absolute Gasteiger partial charge is 0.0499 e. The fraction of sp³-hybridized carbons (Fsp3) is 0.316. The molecule has 1 aliphatic rings. The van der Waals surface area contributed by atoms with Crippen LogP contribution in [0.5, 0.6) is 0 Å². The number of likely N-dealkylation sites (N-methyl/N-ethyl adjacent to an activating group) is 1. The predicted octanol–water partition coefficient (Wildman–Crippen LogP) is 2.92. The molecule has 117 valence electrons. The maximum absolute atomic E-state index is 4.86. The molecule has 23 heavy (non-hydrogen) atoms. The summed E-state index contributed by atoms with van der Waals surface area (Å²) in [5.74, 6) is 0.999. The minimum absolute atomic E-state index is 0. The molecule has 0 atom stereocenters. The Morgan fingerprint density at radius 1 is 1.04 bits per heavy atom. The number of para-hydroxylation sites is 1. The van der Waals surface area contributed by atoms with Gasteiger partial charge < -0.3 is 14.8 Å². The molecular weight excluding hydrogens is 359 g/mol. The molecule has 1 radical (unpaired) electrons. The van der Waals surface area contributed by atoms with E-state index >= 15 is 0 Å². The van der Waals surface area contributed by atoms with Crippen LogP contribution in [0.1, 0.15) is 11.1 Å². The summed E-state index contributed by atoms with van der Waals surface area (Å²) >= 11 is 0. The molecule has 0 aromatic heterocycles. The van der Waals surface area contributed by atoms with Gasteiger partial charge in [0, 0.05) is 64.7 Å². The molecule has 2 aromatic carbocycles. The molecule has 0 saturated carbocycles. The molecule has 4 heteroatoms. The van der Waals surface area contributed by atoms with Crippen LogP contribution in [0.15, 0.2) is 47.5 Å². The molecule has 0 N–H and O–H groups in total. The fourth-order valence-corrected chi connectivity index (χ4v) is 2.60. The van der Waals surface area contributed by atoms with Crippen molar-refractivity contribution in [2.24, 2.45) is 4.99 Å². The number of benzene rings is 2. The Labute approximate surface area is 164 Å². The summed E-state index contributed by atoms with van der Waals surface area (Å²) in [4.78, 5) is 9.56. The molecule has 0 aliphatic carbocycles. The molecular formula is C19H21N3Y-2. The first-order valence-corrected chi connectivity index (χ1v) is 7.70. The Balaban J connectivity index is 0.00000192. The van der Waals surface area contributed by atoms with Gasteiger partial charge in [-0.2, -0.15) is 24.3 Å². The van der Waals surface area contributed by atoms with E-state index in [0.29, 0.717) is 0 Å². The first-order valence-electron chi connectivity index (χ1n) is 7.70. The van der Waals surface area contributed by atoms with Gasteiger partial charge in [-0.3, -0.25) is 0 Å². The van der Waals surface area contributed by atoms with Crippen molar-refractivity contribution >= 4 is 11.5 Å². The average molecular weight is 380 g/mol. The topological polar surface area (TPSA) is 18.8 Å². The molecule has 3 nitrogen and oxygen atoms in total. The third kappa shape index (κ3) is 4.97. The van der Waals surface area contributed by atoms with Gasteiger partial charge in [0.2, 0.25) is 0 Å². The number of piperazine rings is 1. The van der Waals surface area contributed by atoms with Crippen LogP contribution in [0.3, 0.4) is 0 Å². The molecule has 0 unspecified atom stereocenters. The maximum atomic E-state index is 4.86. The Morgan fingerprint density at radius 2 is 1.83 bits per heavy atom. The Morgan fingerprint density at radius 3 is 2.48 bits per heavy atom. The standard InChI is InChI=1S/C19H21N3.Y/c1-16-7-6-8-17(15-16)19(20-18-9-4-3-5-10-18)22-13-11-21(2)12-14-22;/h3-7,9,15H,11-14H2,1-2H3;/q-2;. The van der Waals surface area contributed by atoms with Crippen molar-refractivity contribution in [2.75, 3.05) is 33.2 Å². The molecule has 2 aromatic rings. The molecule has 3 rings (SSSR count). The van der Waals surface area contributed by atoms with E-state index in [1.165, 1.54) is 5.56 Å². The van der Waals surface area contributed by atoms with Crippen LogP contribution < -0.4 is 0 Å². The number of amidine groups is 1. The summed E-state index contributed by atoms with van der Waals surface area (Å²) in [5.41, 5.74) is 3.15. The maximum Gasteiger partial charge on any atom is 0.0499 e. The van der Waals surface area contributed by atoms with E-state index in [9.17, 15) is 0 Å². The van der Waals surface area contributed by atoms with Gasteiger partial charge in [-0.05, 0) is 7.05 Å². The van der Waals surface area contributed by atoms with Gasteiger partial charge in [-0.15, -0.1) is 41.5 Å². The normalized spacial score (nSPS) is 16.1. The summed E-state index contributed by atoms with van der Waals surface area (Å²) < 4.78 is 0.